The van der Waals surface area contributed by atoms with E-state index in [0.29, 0.717) is 0 Å². The first-order valence-corrected chi connectivity index (χ1v) is 7.50. The summed E-state index contributed by atoms with van der Waals surface area (Å²) in [6.45, 7) is 6.17. The van der Waals surface area contributed by atoms with Crippen molar-refractivity contribution in [2.75, 3.05) is 13.2 Å². The lowest BCUT2D eigenvalue weighted by Crippen LogP contribution is -2.39. The van der Waals surface area contributed by atoms with Crippen LogP contribution in [0.1, 0.15) is 48.7 Å². The molecule has 0 aliphatic rings. The summed E-state index contributed by atoms with van der Waals surface area (Å²) in [4.78, 5) is 52.7. The minimum absolute atomic E-state index is 0.0881. The second-order valence-electron chi connectivity index (χ2n) is 5.95. The molecule has 0 saturated heterocycles. The third-order valence-corrected chi connectivity index (χ3v) is 2.65. The zero-order valence-corrected chi connectivity index (χ0v) is 14.4. The third-order valence-electron chi connectivity index (χ3n) is 2.65. The van der Waals surface area contributed by atoms with Gasteiger partial charge in [0.15, 0.2) is 11.9 Å². The summed E-state index contributed by atoms with van der Waals surface area (Å²) in [5.41, 5.74) is -1.98. The number of aromatic nitrogens is 2. The van der Waals surface area contributed by atoms with E-state index >= 15 is 0 Å². The van der Waals surface area contributed by atoms with Crippen molar-refractivity contribution in [3.8, 4) is 0 Å². The van der Waals surface area contributed by atoms with Crippen molar-refractivity contribution in [1.29, 1.82) is 0 Å². The Morgan fingerprint density at radius 2 is 2.00 bits per heavy atom. The number of nitrogens with zero attached hydrogens (tertiary/aromatic N) is 1. The van der Waals surface area contributed by atoms with Crippen molar-refractivity contribution in [3.05, 3.63) is 27.9 Å². The summed E-state index contributed by atoms with van der Waals surface area (Å²) in [6, 6.07) is 0. The second-order valence-corrected chi connectivity index (χ2v) is 5.95. The van der Waals surface area contributed by atoms with E-state index in [4.69, 9.17) is 4.74 Å². The van der Waals surface area contributed by atoms with Gasteiger partial charge in [-0.2, -0.15) is 0 Å². The van der Waals surface area contributed by atoms with Crippen LogP contribution in [-0.2, 0) is 14.3 Å². The molecular weight excluding hydrogens is 334 g/mol. The number of aliphatic hydroxyl groups excluding tert-OH is 1. The molecule has 1 rings (SSSR count). The van der Waals surface area contributed by atoms with E-state index in [-0.39, 0.29) is 18.0 Å². The monoisotopic (exact) mass is 355 g/mol. The quantitative estimate of drug-likeness (QED) is 0.572. The highest BCUT2D eigenvalue weighted by atomic mass is 16.6. The van der Waals surface area contributed by atoms with Crippen LogP contribution in [0.2, 0.25) is 0 Å². The highest BCUT2D eigenvalue weighted by Gasteiger charge is 2.22. The van der Waals surface area contributed by atoms with Gasteiger partial charge in [0.1, 0.15) is 11.2 Å². The molecule has 1 aromatic heterocycles. The van der Waals surface area contributed by atoms with Gasteiger partial charge in [-0.15, -0.1) is 0 Å². The highest BCUT2D eigenvalue weighted by molar-refractivity contribution is 5.92. The van der Waals surface area contributed by atoms with Crippen molar-refractivity contribution in [1.82, 2.24) is 15.3 Å². The van der Waals surface area contributed by atoms with E-state index in [0.717, 1.165) is 6.20 Å². The Bertz CT molecular complexity index is 706. The smallest absolute Gasteiger partial charge is 0.345 e. The van der Waals surface area contributed by atoms with Gasteiger partial charge in [-0.05, 0) is 27.7 Å². The molecule has 25 heavy (non-hydrogen) atoms. The van der Waals surface area contributed by atoms with Crippen molar-refractivity contribution >= 4 is 17.8 Å². The Morgan fingerprint density at radius 3 is 2.52 bits per heavy atom. The predicted octanol–water partition coefficient (Wildman–Crippen LogP) is -0.621. The largest absolute Gasteiger partial charge is 0.464 e. The number of esters is 2. The minimum atomic E-state index is -1.54. The van der Waals surface area contributed by atoms with Gasteiger partial charge in [-0.25, -0.2) is 14.6 Å². The average molecular weight is 355 g/mol. The summed E-state index contributed by atoms with van der Waals surface area (Å²) in [6.07, 6.45) is -0.625. The molecule has 3 N–H and O–H groups in total. The van der Waals surface area contributed by atoms with E-state index in [1.54, 1.807) is 27.7 Å². The SMILES string of the molecule is CCOC(=O)C(O)CNC(=O)c1ncc(C(=O)OC(C)(C)C)c(=O)[nH]1. The molecule has 1 amide bonds. The molecule has 0 saturated carbocycles. The predicted molar refractivity (Wildman–Crippen MR) is 85.0 cm³/mol. The Kier molecular flexibility index (Phi) is 6.80. The van der Waals surface area contributed by atoms with Gasteiger partial charge >= 0.3 is 11.9 Å². The van der Waals surface area contributed by atoms with E-state index in [1.165, 1.54) is 0 Å². The molecule has 1 heterocycles. The summed E-state index contributed by atoms with van der Waals surface area (Å²) >= 11 is 0. The van der Waals surface area contributed by atoms with E-state index in [9.17, 15) is 24.3 Å². The summed E-state index contributed by atoms with van der Waals surface area (Å²) in [5, 5.41) is 11.7. The van der Waals surface area contributed by atoms with Gasteiger partial charge in [-0.1, -0.05) is 0 Å². The molecule has 1 unspecified atom stereocenters. The van der Waals surface area contributed by atoms with Gasteiger partial charge in [0.25, 0.3) is 11.5 Å². The average Bonchev–Trinajstić information content (AvgIpc) is 2.50. The molecule has 10 nitrogen and oxygen atoms in total. The minimum Gasteiger partial charge on any atom is -0.464 e. The molecule has 10 heteroatoms. The summed E-state index contributed by atoms with van der Waals surface area (Å²) in [7, 11) is 0. The molecule has 0 aromatic carbocycles. The van der Waals surface area contributed by atoms with Crippen LogP contribution in [-0.4, -0.2) is 57.8 Å². The number of H-pyrrole nitrogens is 1. The van der Waals surface area contributed by atoms with Gasteiger partial charge in [0.2, 0.25) is 0 Å². The molecular formula is C15H21N3O7. The van der Waals surface area contributed by atoms with Crippen LogP contribution < -0.4 is 10.9 Å². The molecule has 1 atom stereocenters. The lowest BCUT2D eigenvalue weighted by atomic mass is 10.2. The third kappa shape index (κ3) is 6.34. The van der Waals surface area contributed by atoms with E-state index < -0.39 is 41.7 Å². The van der Waals surface area contributed by atoms with Crippen LogP contribution in [0.25, 0.3) is 0 Å². The highest BCUT2D eigenvalue weighted by Crippen LogP contribution is 2.09. The topological polar surface area (TPSA) is 148 Å². The van der Waals surface area contributed by atoms with Crippen molar-refractivity contribution in [3.63, 3.8) is 0 Å². The Hall–Kier alpha value is -2.75. The first-order chi connectivity index (χ1) is 11.5. The number of amides is 1. The molecule has 0 aliphatic heterocycles. The number of hydrogen-bond acceptors (Lipinski definition) is 8. The Balaban J connectivity index is 2.76. The van der Waals surface area contributed by atoms with Crippen molar-refractivity contribution in [2.45, 2.75) is 39.4 Å². The number of aromatic amines is 1. The van der Waals surface area contributed by atoms with Crippen LogP contribution in [0.3, 0.4) is 0 Å². The van der Waals surface area contributed by atoms with Gasteiger partial charge < -0.3 is 24.9 Å². The number of nitrogens with one attached hydrogen (secondary N) is 2. The zero-order valence-electron chi connectivity index (χ0n) is 14.4. The molecule has 0 radical (unpaired) electrons. The number of aliphatic hydroxyl groups is 1. The molecule has 1 aromatic rings. The maximum Gasteiger partial charge on any atom is 0.345 e. The first kappa shape index (κ1) is 20.3. The lowest BCUT2D eigenvalue weighted by Gasteiger charge is -2.18. The summed E-state index contributed by atoms with van der Waals surface area (Å²) in [5.74, 6) is -2.97. The number of carbonyl (C=O) groups is 3. The molecule has 0 aliphatic carbocycles. The maximum absolute atomic E-state index is 11.9. The maximum atomic E-state index is 11.9. The zero-order chi connectivity index (χ0) is 19.2. The van der Waals surface area contributed by atoms with Crippen LogP contribution in [0.15, 0.2) is 11.0 Å². The van der Waals surface area contributed by atoms with Gasteiger partial charge in [-0.3, -0.25) is 9.59 Å². The summed E-state index contributed by atoms with van der Waals surface area (Å²) < 4.78 is 9.63. The Labute approximate surface area is 143 Å². The number of hydrogen-bond donors (Lipinski definition) is 3. The fourth-order valence-electron chi connectivity index (χ4n) is 1.58. The fourth-order valence-corrected chi connectivity index (χ4v) is 1.58. The van der Waals surface area contributed by atoms with Gasteiger partial charge in [0, 0.05) is 6.20 Å². The first-order valence-electron chi connectivity index (χ1n) is 7.50. The van der Waals surface area contributed by atoms with Gasteiger partial charge in [0.05, 0.1) is 13.2 Å². The second kappa shape index (κ2) is 8.38. The van der Waals surface area contributed by atoms with Crippen LogP contribution in [0.5, 0.6) is 0 Å². The molecule has 138 valence electrons. The Morgan fingerprint density at radius 1 is 1.36 bits per heavy atom. The normalized spacial score (nSPS) is 12.2. The number of rotatable bonds is 6. The van der Waals surface area contributed by atoms with E-state index in [2.05, 4.69) is 20.0 Å². The molecule has 0 spiro atoms. The number of ether oxygens (including phenoxy) is 2. The lowest BCUT2D eigenvalue weighted by molar-refractivity contribution is -0.152. The fraction of sp³-hybridized carbons (Fsp3) is 0.533. The van der Waals surface area contributed by atoms with Crippen molar-refractivity contribution < 1.29 is 29.0 Å². The number of carbonyl (C=O) groups excluding carboxylic acids is 3. The van der Waals surface area contributed by atoms with E-state index in [1.807, 2.05) is 0 Å². The molecule has 0 fully saturated rings. The van der Waals surface area contributed by atoms with Crippen molar-refractivity contribution in [2.24, 2.45) is 0 Å². The van der Waals surface area contributed by atoms with Crippen LogP contribution >= 0.6 is 0 Å². The van der Waals surface area contributed by atoms with Crippen LogP contribution in [0, 0.1) is 0 Å². The standard InChI is InChI=1S/C15H21N3O7/c1-5-24-14(23)9(19)7-17-12(21)10-16-6-8(11(20)18-10)13(22)25-15(2,3)4/h6,9,19H,5,7H2,1-4H3,(H,17,21)(H,16,18,20). The van der Waals surface area contributed by atoms with Crippen LogP contribution in [0.4, 0.5) is 0 Å². The molecule has 0 bridgehead atoms.